The first-order valence-electron chi connectivity index (χ1n) is 7.85. The SMILES string of the molecule is CC1CCCC(CCl)(NCc2nn(C)c3ccccc23)C1. The molecule has 0 radical (unpaired) electrons. The van der Waals surface area contributed by atoms with Gasteiger partial charge in [0.1, 0.15) is 0 Å². The van der Waals surface area contributed by atoms with Crippen molar-refractivity contribution < 1.29 is 0 Å². The van der Waals surface area contributed by atoms with Crippen molar-refractivity contribution in [2.75, 3.05) is 5.88 Å². The average Bonchev–Trinajstić information content (AvgIpc) is 2.82. The molecule has 3 rings (SSSR count). The molecule has 4 heteroatoms. The van der Waals surface area contributed by atoms with Gasteiger partial charge in [-0.05, 0) is 24.8 Å². The zero-order valence-corrected chi connectivity index (χ0v) is 13.7. The fourth-order valence-corrected chi connectivity index (χ4v) is 4.02. The number of nitrogens with one attached hydrogen (secondary N) is 1. The van der Waals surface area contributed by atoms with Crippen LogP contribution in [0.1, 0.15) is 38.3 Å². The molecule has 1 fully saturated rings. The van der Waals surface area contributed by atoms with Crippen LogP contribution < -0.4 is 5.32 Å². The van der Waals surface area contributed by atoms with E-state index in [1.165, 1.54) is 36.6 Å². The van der Waals surface area contributed by atoms with Crippen LogP contribution in [0.15, 0.2) is 24.3 Å². The highest BCUT2D eigenvalue weighted by atomic mass is 35.5. The molecular weight excluding hydrogens is 282 g/mol. The third-order valence-electron chi connectivity index (χ3n) is 4.81. The maximum Gasteiger partial charge on any atom is 0.0841 e. The second-order valence-electron chi connectivity index (χ2n) is 6.56. The van der Waals surface area contributed by atoms with Crippen molar-refractivity contribution in [2.24, 2.45) is 13.0 Å². The molecule has 3 nitrogen and oxygen atoms in total. The highest BCUT2D eigenvalue weighted by Gasteiger charge is 2.33. The van der Waals surface area contributed by atoms with E-state index in [0.717, 1.165) is 18.2 Å². The number of alkyl halides is 1. The number of hydrogen-bond acceptors (Lipinski definition) is 2. The summed E-state index contributed by atoms with van der Waals surface area (Å²) < 4.78 is 1.96. The summed E-state index contributed by atoms with van der Waals surface area (Å²) in [7, 11) is 2.01. The Morgan fingerprint density at radius 3 is 3.00 bits per heavy atom. The van der Waals surface area contributed by atoms with Gasteiger partial charge in [0, 0.05) is 30.4 Å². The van der Waals surface area contributed by atoms with Gasteiger partial charge >= 0.3 is 0 Å². The van der Waals surface area contributed by atoms with Crippen molar-refractivity contribution in [2.45, 2.75) is 44.7 Å². The van der Waals surface area contributed by atoms with E-state index in [4.69, 9.17) is 11.6 Å². The normalized spacial score (nSPS) is 26.3. The van der Waals surface area contributed by atoms with Crippen molar-refractivity contribution in [3.8, 4) is 0 Å². The molecule has 1 aliphatic carbocycles. The van der Waals surface area contributed by atoms with Gasteiger partial charge in [-0.3, -0.25) is 4.68 Å². The molecule has 0 spiro atoms. The lowest BCUT2D eigenvalue weighted by Crippen LogP contribution is -2.49. The van der Waals surface area contributed by atoms with E-state index in [1.54, 1.807) is 0 Å². The molecule has 21 heavy (non-hydrogen) atoms. The van der Waals surface area contributed by atoms with Crippen molar-refractivity contribution >= 4 is 22.5 Å². The molecule has 0 saturated heterocycles. The Kier molecular flexibility index (Phi) is 4.23. The lowest BCUT2D eigenvalue weighted by atomic mass is 9.77. The summed E-state index contributed by atoms with van der Waals surface area (Å²) in [5.74, 6) is 1.44. The maximum atomic E-state index is 6.30. The van der Waals surface area contributed by atoms with Gasteiger partial charge in [-0.2, -0.15) is 5.10 Å². The van der Waals surface area contributed by atoms with Crippen molar-refractivity contribution in [3.05, 3.63) is 30.0 Å². The molecule has 1 aromatic heterocycles. The minimum atomic E-state index is 0.0812. The number of aryl methyl sites for hydroxylation is 1. The first-order valence-corrected chi connectivity index (χ1v) is 8.39. The molecule has 114 valence electrons. The zero-order chi connectivity index (χ0) is 14.9. The number of aromatic nitrogens is 2. The quantitative estimate of drug-likeness (QED) is 0.870. The topological polar surface area (TPSA) is 29.9 Å². The van der Waals surface area contributed by atoms with Gasteiger partial charge in [-0.15, -0.1) is 11.6 Å². The third kappa shape index (κ3) is 2.95. The predicted octanol–water partition coefficient (Wildman–Crippen LogP) is 3.85. The van der Waals surface area contributed by atoms with E-state index >= 15 is 0 Å². The number of nitrogens with zero attached hydrogens (tertiary/aromatic N) is 2. The Balaban J connectivity index is 1.79. The van der Waals surface area contributed by atoms with Crippen LogP contribution in [0.4, 0.5) is 0 Å². The van der Waals surface area contributed by atoms with Gasteiger partial charge in [0.15, 0.2) is 0 Å². The summed E-state index contributed by atoms with van der Waals surface area (Å²) in [6, 6.07) is 8.40. The van der Waals surface area contributed by atoms with E-state index < -0.39 is 0 Å². The summed E-state index contributed by atoms with van der Waals surface area (Å²) in [4.78, 5) is 0. The fraction of sp³-hybridized carbons (Fsp3) is 0.588. The summed E-state index contributed by atoms with van der Waals surface area (Å²) >= 11 is 6.30. The first kappa shape index (κ1) is 14.9. The minimum absolute atomic E-state index is 0.0812. The van der Waals surface area contributed by atoms with Crippen LogP contribution in [0.3, 0.4) is 0 Å². The summed E-state index contributed by atoms with van der Waals surface area (Å²) in [6.45, 7) is 3.12. The minimum Gasteiger partial charge on any atom is -0.304 e. The molecular formula is C17H24ClN3. The number of benzene rings is 1. The number of rotatable bonds is 4. The van der Waals surface area contributed by atoms with Crippen LogP contribution in [0.2, 0.25) is 0 Å². The molecule has 1 aromatic carbocycles. The number of fused-ring (bicyclic) bond motifs is 1. The van der Waals surface area contributed by atoms with Crippen LogP contribution in [0.25, 0.3) is 10.9 Å². The predicted molar refractivity (Wildman–Crippen MR) is 88.6 cm³/mol. The molecule has 0 bridgehead atoms. The Labute approximate surface area is 131 Å². The van der Waals surface area contributed by atoms with Gasteiger partial charge in [0.2, 0.25) is 0 Å². The summed E-state index contributed by atoms with van der Waals surface area (Å²) in [5.41, 5.74) is 2.39. The second-order valence-corrected chi connectivity index (χ2v) is 6.82. The lowest BCUT2D eigenvalue weighted by Gasteiger charge is -2.39. The monoisotopic (exact) mass is 305 g/mol. The van der Waals surface area contributed by atoms with E-state index in [0.29, 0.717) is 5.88 Å². The second kappa shape index (κ2) is 5.98. The summed E-state index contributed by atoms with van der Waals surface area (Å²) in [5, 5.41) is 9.64. The van der Waals surface area contributed by atoms with Crippen LogP contribution in [0.5, 0.6) is 0 Å². The van der Waals surface area contributed by atoms with E-state index in [1.807, 2.05) is 11.7 Å². The van der Waals surface area contributed by atoms with Crippen LogP contribution in [0, 0.1) is 5.92 Å². The molecule has 2 atom stereocenters. The van der Waals surface area contributed by atoms with E-state index in [9.17, 15) is 0 Å². The Morgan fingerprint density at radius 2 is 2.24 bits per heavy atom. The van der Waals surface area contributed by atoms with E-state index in [2.05, 4.69) is 41.6 Å². The van der Waals surface area contributed by atoms with Gasteiger partial charge in [-0.1, -0.05) is 38.0 Å². The Hall–Kier alpha value is -1.06. The molecule has 1 aliphatic rings. The molecule has 1 saturated carbocycles. The van der Waals surface area contributed by atoms with Crippen LogP contribution >= 0.6 is 11.6 Å². The molecule has 2 aromatic rings. The standard InChI is InChI=1S/C17H24ClN3/c1-13-6-5-9-17(10-13,12-18)19-11-15-14-7-3-4-8-16(14)21(2)20-15/h3-4,7-8,13,19H,5-6,9-12H2,1-2H3. The summed E-state index contributed by atoms with van der Waals surface area (Å²) in [6.07, 6.45) is 4.93. The third-order valence-corrected chi connectivity index (χ3v) is 5.32. The zero-order valence-electron chi connectivity index (χ0n) is 12.9. The number of halogens is 1. The van der Waals surface area contributed by atoms with Gasteiger partial charge < -0.3 is 5.32 Å². The number of para-hydroxylation sites is 1. The van der Waals surface area contributed by atoms with Crippen LogP contribution in [-0.2, 0) is 13.6 Å². The van der Waals surface area contributed by atoms with Crippen molar-refractivity contribution in [3.63, 3.8) is 0 Å². The van der Waals surface area contributed by atoms with Gasteiger partial charge in [0.05, 0.1) is 11.2 Å². The Morgan fingerprint density at radius 1 is 1.43 bits per heavy atom. The van der Waals surface area contributed by atoms with Crippen molar-refractivity contribution in [1.82, 2.24) is 15.1 Å². The number of hydrogen-bond donors (Lipinski definition) is 1. The molecule has 2 unspecified atom stereocenters. The maximum absolute atomic E-state index is 6.30. The largest absolute Gasteiger partial charge is 0.304 e. The first-order chi connectivity index (χ1) is 10.1. The van der Waals surface area contributed by atoms with Crippen molar-refractivity contribution in [1.29, 1.82) is 0 Å². The fourth-order valence-electron chi connectivity index (χ4n) is 3.68. The average molecular weight is 306 g/mol. The highest BCUT2D eigenvalue weighted by molar-refractivity contribution is 6.18. The van der Waals surface area contributed by atoms with Gasteiger partial charge in [-0.25, -0.2) is 0 Å². The van der Waals surface area contributed by atoms with E-state index in [-0.39, 0.29) is 5.54 Å². The smallest absolute Gasteiger partial charge is 0.0841 e. The molecule has 0 aliphatic heterocycles. The molecule has 1 N–H and O–H groups in total. The lowest BCUT2D eigenvalue weighted by molar-refractivity contribution is 0.207. The molecule has 1 heterocycles. The van der Waals surface area contributed by atoms with Crippen LogP contribution in [-0.4, -0.2) is 21.2 Å². The van der Waals surface area contributed by atoms with Gasteiger partial charge in [0.25, 0.3) is 0 Å². The molecule has 0 amide bonds. The highest BCUT2D eigenvalue weighted by Crippen LogP contribution is 2.33. The Bertz CT molecular complexity index is 622.